The Bertz CT molecular complexity index is 566. The highest BCUT2D eigenvalue weighted by Crippen LogP contribution is 2.19. The van der Waals surface area contributed by atoms with Crippen LogP contribution < -0.4 is 11.1 Å². The number of aryl methyl sites for hydroxylation is 2. The number of carbonyl (C=O) groups is 1. The predicted octanol–water partition coefficient (Wildman–Crippen LogP) is 2.55. The molecule has 0 aliphatic rings. The minimum Gasteiger partial charge on any atom is -0.399 e. The number of nitrogens with zero attached hydrogens (tertiary/aromatic N) is 1. The summed E-state index contributed by atoms with van der Waals surface area (Å²) in [7, 11) is 0. The van der Waals surface area contributed by atoms with E-state index in [0.717, 1.165) is 5.56 Å². The highest BCUT2D eigenvalue weighted by molar-refractivity contribution is 6.05. The van der Waals surface area contributed by atoms with E-state index >= 15 is 0 Å². The third-order valence-electron chi connectivity index (χ3n) is 2.51. The van der Waals surface area contributed by atoms with E-state index in [1.54, 1.807) is 19.1 Å². The topological polar surface area (TPSA) is 81.1 Å². The summed E-state index contributed by atoms with van der Waals surface area (Å²) in [5, 5.41) is 6.34. The molecule has 0 bridgehead atoms. The molecule has 5 nitrogen and oxygen atoms in total. The van der Waals surface area contributed by atoms with Crippen LogP contribution in [-0.4, -0.2) is 11.1 Å². The molecule has 96 valence electrons. The SMILES string of the molecule is Cc1ccc(N)cc1NC(=O)c1cnoc1C.Cl. The van der Waals surface area contributed by atoms with Crippen molar-refractivity contribution in [2.45, 2.75) is 13.8 Å². The Labute approximate surface area is 111 Å². The molecule has 0 saturated heterocycles. The molecule has 1 heterocycles. The summed E-state index contributed by atoms with van der Waals surface area (Å²) in [5.41, 5.74) is 8.33. The van der Waals surface area contributed by atoms with Gasteiger partial charge in [-0.05, 0) is 31.5 Å². The van der Waals surface area contributed by atoms with Crippen LogP contribution in [0.15, 0.2) is 28.9 Å². The normalized spacial score (nSPS) is 9.67. The minimum absolute atomic E-state index is 0. The van der Waals surface area contributed by atoms with Gasteiger partial charge >= 0.3 is 0 Å². The first-order chi connectivity index (χ1) is 8.08. The highest BCUT2D eigenvalue weighted by Gasteiger charge is 2.13. The molecule has 0 atom stereocenters. The number of hydrogen-bond acceptors (Lipinski definition) is 4. The third-order valence-corrected chi connectivity index (χ3v) is 2.51. The molecule has 3 N–H and O–H groups in total. The van der Waals surface area contributed by atoms with Crippen molar-refractivity contribution in [3.8, 4) is 0 Å². The Morgan fingerprint density at radius 1 is 1.39 bits per heavy atom. The van der Waals surface area contributed by atoms with Gasteiger partial charge in [0, 0.05) is 11.4 Å². The largest absolute Gasteiger partial charge is 0.399 e. The van der Waals surface area contributed by atoms with E-state index in [-0.39, 0.29) is 18.3 Å². The first kappa shape index (κ1) is 14.1. The van der Waals surface area contributed by atoms with Crippen LogP contribution in [0, 0.1) is 13.8 Å². The van der Waals surface area contributed by atoms with Crippen LogP contribution in [0.3, 0.4) is 0 Å². The maximum absolute atomic E-state index is 11.9. The number of nitrogens with two attached hydrogens (primary N) is 1. The number of carbonyl (C=O) groups excluding carboxylic acids is 1. The molecule has 2 rings (SSSR count). The Morgan fingerprint density at radius 3 is 2.72 bits per heavy atom. The lowest BCUT2D eigenvalue weighted by Crippen LogP contribution is -2.13. The molecular formula is C12H14ClN3O2. The lowest BCUT2D eigenvalue weighted by molar-refractivity contribution is 0.102. The van der Waals surface area contributed by atoms with Gasteiger partial charge in [0.1, 0.15) is 11.3 Å². The second-order valence-electron chi connectivity index (χ2n) is 3.82. The maximum Gasteiger partial charge on any atom is 0.260 e. The smallest absolute Gasteiger partial charge is 0.260 e. The summed E-state index contributed by atoms with van der Waals surface area (Å²) in [6.45, 7) is 3.59. The zero-order valence-corrected chi connectivity index (χ0v) is 10.9. The number of anilines is 2. The standard InChI is InChI=1S/C12H13N3O2.ClH/c1-7-3-4-9(13)5-11(7)15-12(16)10-6-14-17-8(10)2;/h3-6H,13H2,1-2H3,(H,15,16);1H. The van der Waals surface area contributed by atoms with Crippen molar-refractivity contribution >= 4 is 29.7 Å². The van der Waals surface area contributed by atoms with E-state index in [4.69, 9.17) is 10.3 Å². The van der Waals surface area contributed by atoms with Crippen molar-refractivity contribution in [2.75, 3.05) is 11.1 Å². The fourth-order valence-electron chi connectivity index (χ4n) is 1.48. The van der Waals surface area contributed by atoms with Crippen LogP contribution >= 0.6 is 12.4 Å². The average Bonchev–Trinajstić information content (AvgIpc) is 2.70. The van der Waals surface area contributed by atoms with Crippen LogP contribution in [0.4, 0.5) is 11.4 Å². The molecule has 0 unspecified atom stereocenters. The van der Waals surface area contributed by atoms with Gasteiger partial charge in [0.05, 0.1) is 6.20 Å². The van der Waals surface area contributed by atoms with Crippen molar-refractivity contribution in [3.05, 3.63) is 41.3 Å². The number of nitrogens with one attached hydrogen (secondary N) is 1. The summed E-state index contributed by atoms with van der Waals surface area (Å²) >= 11 is 0. The van der Waals surface area contributed by atoms with Gasteiger partial charge in [-0.2, -0.15) is 0 Å². The zero-order valence-electron chi connectivity index (χ0n) is 10.1. The molecule has 2 aromatic rings. The maximum atomic E-state index is 11.9. The van der Waals surface area contributed by atoms with E-state index in [1.807, 2.05) is 13.0 Å². The molecule has 0 spiro atoms. The number of nitrogen functional groups attached to an aromatic ring is 1. The van der Waals surface area contributed by atoms with E-state index in [0.29, 0.717) is 22.7 Å². The molecule has 0 radical (unpaired) electrons. The number of hydrogen-bond donors (Lipinski definition) is 2. The monoisotopic (exact) mass is 267 g/mol. The number of halogens is 1. The number of amides is 1. The van der Waals surface area contributed by atoms with Crippen molar-refractivity contribution in [1.29, 1.82) is 0 Å². The molecule has 18 heavy (non-hydrogen) atoms. The van der Waals surface area contributed by atoms with Gasteiger partial charge in [0.2, 0.25) is 0 Å². The second kappa shape index (κ2) is 5.55. The van der Waals surface area contributed by atoms with Crippen molar-refractivity contribution in [3.63, 3.8) is 0 Å². The van der Waals surface area contributed by atoms with Gasteiger partial charge < -0.3 is 15.6 Å². The summed E-state index contributed by atoms with van der Waals surface area (Å²) in [4.78, 5) is 11.9. The summed E-state index contributed by atoms with van der Waals surface area (Å²) in [6.07, 6.45) is 1.40. The molecule has 1 amide bonds. The van der Waals surface area contributed by atoms with Crippen molar-refractivity contribution < 1.29 is 9.32 Å². The number of rotatable bonds is 2. The third kappa shape index (κ3) is 2.81. The van der Waals surface area contributed by atoms with Crippen LogP contribution in [0.5, 0.6) is 0 Å². The first-order valence-corrected chi connectivity index (χ1v) is 5.16. The fourth-order valence-corrected chi connectivity index (χ4v) is 1.48. The summed E-state index contributed by atoms with van der Waals surface area (Å²) in [5.74, 6) is 0.238. The highest BCUT2D eigenvalue weighted by atomic mass is 35.5. The Kier molecular flexibility index (Phi) is 4.33. The molecule has 0 aliphatic carbocycles. The van der Waals surface area contributed by atoms with Gasteiger partial charge in [-0.3, -0.25) is 4.79 Å². The van der Waals surface area contributed by atoms with Gasteiger partial charge in [-0.25, -0.2) is 0 Å². The molecular weight excluding hydrogens is 254 g/mol. The van der Waals surface area contributed by atoms with Crippen molar-refractivity contribution in [2.24, 2.45) is 0 Å². The fraction of sp³-hybridized carbons (Fsp3) is 0.167. The van der Waals surface area contributed by atoms with E-state index < -0.39 is 0 Å². The van der Waals surface area contributed by atoms with Gasteiger partial charge in [0.15, 0.2) is 0 Å². The second-order valence-corrected chi connectivity index (χ2v) is 3.82. The quantitative estimate of drug-likeness (QED) is 0.820. The Balaban J connectivity index is 0.00000162. The minimum atomic E-state index is -0.252. The lowest BCUT2D eigenvalue weighted by Gasteiger charge is -2.08. The van der Waals surface area contributed by atoms with Crippen LogP contribution in [-0.2, 0) is 0 Å². The molecule has 0 fully saturated rings. The van der Waals surface area contributed by atoms with E-state index in [9.17, 15) is 4.79 Å². The van der Waals surface area contributed by atoms with Gasteiger partial charge in [-0.15, -0.1) is 12.4 Å². The Hall–Kier alpha value is -2.01. The molecule has 0 saturated carbocycles. The van der Waals surface area contributed by atoms with E-state index in [1.165, 1.54) is 6.20 Å². The molecule has 1 aromatic carbocycles. The van der Waals surface area contributed by atoms with E-state index in [2.05, 4.69) is 10.5 Å². The van der Waals surface area contributed by atoms with Gasteiger partial charge in [-0.1, -0.05) is 11.2 Å². The first-order valence-electron chi connectivity index (χ1n) is 5.16. The number of aromatic nitrogens is 1. The molecule has 6 heteroatoms. The van der Waals surface area contributed by atoms with Crippen LogP contribution in [0.2, 0.25) is 0 Å². The number of benzene rings is 1. The molecule has 1 aromatic heterocycles. The lowest BCUT2D eigenvalue weighted by atomic mass is 10.1. The summed E-state index contributed by atoms with van der Waals surface area (Å²) in [6, 6.07) is 5.36. The van der Waals surface area contributed by atoms with Gasteiger partial charge in [0.25, 0.3) is 5.91 Å². The zero-order chi connectivity index (χ0) is 12.4. The Morgan fingerprint density at radius 2 is 2.11 bits per heavy atom. The van der Waals surface area contributed by atoms with Crippen molar-refractivity contribution in [1.82, 2.24) is 5.16 Å². The average molecular weight is 268 g/mol. The molecule has 0 aliphatic heterocycles. The van der Waals surface area contributed by atoms with Crippen LogP contribution in [0.1, 0.15) is 21.7 Å². The summed E-state index contributed by atoms with van der Waals surface area (Å²) < 4.78 is 4.84. The van der Waals surface area contributed by atoms with Crippen LogP contribution in [0.25, 0.3) is 0 Å². The predicted molar refractivity (Wildman–Crippen MR) is 72.0 cm³/mol.